The highest BCUT2D eigenvalue weighted by molar-refractivity contribution is 7.89. The van der Waals surface area contributed by atoms with Crippen LogP contribution < -0.4 is 5.73 Å². The molecular weight excluding hydrogens is 418 g/mol. The predicted octanol–water partition coefficient (Wildman–Crippen LogP) is 1.06. The summed E-state index contributed by atoms with van der Waals surface area (Å²) >= 11 is 0. The van der Waals surface area contributed by atoms with Gasteiger partial charge in [-0.1, -0.05) is 6.07 Å². The molecule has 2 N–H and O–H groups in total. The Morgan fingerprint density at radius 3 is 2.26 bits per heavy atom. The molecule has 4 rings (SSSR count). The third-order valence-electron chi connectivity index (χ3n) is 5.39. The highest BCUT2D eigenvalue weighted by atomic mass is 32.2. The van der Waals surface area contributed by atoms with Gasteiger partial charge in [-0.15, -0.1) is 0 Å². The zero-order valence-electron chi connectivity index (χ0n) is 17.0. The Bertz CT molecular complexity index is 1220. The first-order valence-corrected chi connectivity index (χ1v) is 11.2. The lowest BCUT2D eigenvalue weighted by Gasteiger charge is -2.34. The van der Waals surface area contributed by atoms with Crippen LogP contribution in [-0.4, -0.2) is 64.8 Å². The number of piperazine rings is 1. The lowest BCUT2D eigenvalue weighted by atomic mass is 10.1. The van der Waals surface area contributed by atoms with Crippen molar-refractivity contribution in [2.24, 2.45) is 12.8 Å². The molecule has 2 aromatic heterocycles. The second-order valence-electron chi connectivity index (χ2n) is 7.37. The highest BCUT2D eigenvalue weighted by Gasteiger charge is 2.32. The van der Waals surface area contributed by atoms with Gasteiger partial charge in [-0.2, -0.15) is 4.31 Å². The molecule has 1 aliphatic heterocycles. The first kappa shape index (κ1) is 20.9. The number of carbonyl (C=O) groups is 2. The minimum Gasteiger partial charge on any atom is -0.364 e. The molecule has 9 nitrogen and oxygen atoms in total. The number of amides is 2. The topological polar surface area (TPSA) is 111 Å². The number of rotatable bonds is 5. The van der Waals surface area contributed by atoms with Crippen LogP contribution in [0.1, 0.15) is 20.8 Å². The number of nitrogens with two attached hydrogens (primary N) is 1. The van der Waals surface area contributed by atoms with Crippen molar-refractivity contribution in [1.82, 2.24) is 18.3 Å². The summed E-state index contributed by atoms with van der Waals surface area (Å²) in [6, 6.07) is 12.4. The third kappa shape index (κ3) is 3.99. The van der Waals surface area contributed by atoms with Gasteiger partial charge in [0.1, 0.15) is 10.6 Å². The molecule has 0 unspecified atom stereocenters. The van der Waals surface area contributed by atoms with Crippen molar-refractivity contribution < 1.29 is 18.0 Å². The zero-order chi connectivity index (χ0) is 22.2. The average molecular weight is 442 g/mol. The largest absolute Gasteiger partial charge is 0.364 e. The fourth-order valence-corrected chi connectivity index (χ4v) is 5.18. The van der Waals surface area contributed by atoms with Crippen LogP contribution in [0.2, 0.25) is 0 Å². The second kappa shape index (κ2) is 8.05. The Labute approximate surface area is 180 Å². The van der Waals surface area contributed by atoms with Crippen molar-refractivity contribution in [2.45, 2.75) is 4.90 Å². The number of carbonyl (C=O) groups excluding carboxylic acids is 2. The SMILES string of the molecule is Cn1cc(S(=O)(=O)N2CCN(C(=O)c3cccc(-n4cccc4)c3)CC2)cc1C(N)=O. The maximum Gasteiger partial charge on any atom is 0.265 e. The van der Waals surface area contributed by atoms with Crippen LogP contribution in [0.3, 0.4) is 0 Å². The summed E-state index contributed by atoms with van der Waals surface area (Å²) in [6.45, 7) is 0.904. The van der Waals surface area contributed by atoms with E-state index >= 15 is 0 Å². The fraction of sp³-hybridized carbons (Fsp3) is 0.238. The number of benzene rings is 1. The summed E-state index contributed by atoms with van der Waals surface area (Å²) in [5, 5.41) is 0. The number of nitrogens with zero attached hydrogens (tertiary/aromatic N) is 4. The molecule has 0 aliphatic carbocycles. The van der Waals surface area contributed by atoms with Gasteiger partial charge in [-0.25, -0.2) is 8.42 Å². The van der Waals surface area contributed by atoms with Crippen molar-refractivity contribution >= 4 is 21.8 Å². The van der Waals surface area contributed by atoms with E-state index in [1.165, 1.54) is 21.1 Å². The smallest absolute Gasteiger partial charge is 0.265 e. The average Bonchev–Trinajstić information content (AvgIpc) is 3.44. The van der Waals surface area contributed by atoms with Crippen molar-refractivity contribution in [2.75, 3.05) is 26.2 Å². The van der Waals surface area contributed by atoms with Crippen LogP contribution in [0, 0.1) is 0 Å². The fourth-order valence-electron chi connectivity index (χ4n) is 3.69. The van der Waals surface area contributed by atoms with E-state index < -0.39 is 15.9 Å². The number of sulfonamides is 1. The van der Waals surface area contributed by atoms with Gasteiger partial charge in [0, 0.05) is 63.1 Å². The summed E-state index contributed by atoms with van der Waals surface area (Å²) < 4.78 is 30.5. The molecule has 1 aromatic carbocycles. The monoisotopic (exact) mass is 441 g/mol. The van der Waals surface area contributed by atoms with E-state index in [1.54, 1.807) is 18.0 Å². The molecule has 0 radical (unpaired) electrons. The Hall–Kier alpha value is -3.37. The standard InChI is InChI=1S/C21H23N5O4S/c1-23-15-18(14-19(23)20(22)27)31(29,30)26-11-9-25(10-12-26)21(28)16-5-4-6-17(13-16)24-7-2-3-8-24/h2-8,13-15H,9-12H2,1H3,(H2,22,27). The van der Waals surface area contributed by atoms with Gasteiger partial charge in [0.2, 0.25) is 10.0 Å². The van der Waals surface area contributed by atoms with E-state index in [2.05, 4.69) is 0 Å². The Kier molecular flexibility index (Phi) is 5.42. The van der Waals surface area contributed by atoms with Crippen LogP contribution in [0.15, 0.2) is 66.0 Å². The van der Waals surface area contributed by atoms with E-state index in [9.17, 15) is 18.0 Å². The van der Waals surface area contributed by atoms with E-state index in [1.807, 2.05) is 47.3 Å². The molecule has 0 saturated carbocycles. The summed E-state index contributed by atoms with van der Waals surface area (Å²) in [7, 11) is -2.22. The number of primary amides is 1. The molecule has 1 saturated heterocycles. The van der Waals surface area contributed by atoms with Crippen LogP contribution >= 0.6 is 0 Å². The van der Waals surface area contributed by atoms with Gasteiger partial charge in [-0.3, -0.25) is 9.59 Å². The predicted molar refractivity (Wildman–Crippen MR) is 114 cm³/mol. The molecule has 162 valence electrons. The molecular formula is C21H23N5O4S. The van der Waals surface area contributed by atoms with Crippen LogP contribution in [0.25, 0.3) is 5.69 Å². The lowest BCUT2D eigenvalue weighted by Crippen LogP contribution is -2.50. The highest BCUT2D eigenvalue weighted by Crippen LogP contribution is 2.21. The normalized spacial score (nSPS) is 15.2. The van der Waals surface area contributed by atoms with Gasteiger partial charge in [0.25, 0.3) is 11.8 Å². The minimum absolute atomic E-state index is 0.0167. The lowest BCUT2D eigenvalue weighted by molar-refractivity contribution is 0.0697. The quantitative estimate of drug-likeness (QED) is 0.638. The van der Waals surface area contributed by atoms with Crippen molar-refractivity contribution in [1.29, 1.82) is 0 Å². The van der Waals surface area contributed by atoms with E-state index in [4.69, 9.17) is 5.73 Å². The molecule has 0 atom stereocenters. The second-order valence-corrected chi connectivity index (χ2v) is 9.31. The molecule has 1 fully saturated rings. The van der Waals surface area contributed by atoms with Crippen LogP contribution in [-0.2, 0) is 17.1 Å². The summed E-state index contributed by atoms with van der Waals surface area (Å²) in [6.07, 6.45) is 5.18. The zero-order valence-corrected chi connectivity index (χ0v) is 17.8. The van der Waals surface area contributed by atoms with Gasteiger partial charge < -0.3 is 19.8 Å². The van der Waals surface area contributed by atoms with Crippen molar-refractivity contribution in [3.05, 3.63) is 72.3 Å². The summed E-state index contributed by atoms with van der Waals surface area (Å²) in [5.74, 6) is -0.830. The molecule has 0 bridgehead atoms. The van der Waals surface area contributed by atoms with Crippen LogP contribution in [0.5, 0.6) is 0 Å². The maximum atomic E-state index is 13.0. The van der Waals surface area contributed by atoms with Crippen molar-refractivity contribution in [3.8, 4) is 5.69 Å². The summed E-state index contributed by atoms with van der Waals surface area (Å²) in [5.41, 5.74) is 6.84. The number of hydrogen-bond acceptors (Lipinski definition) is 4. The number of aryl methyl sites for hydroxylation is 1. The molecule has 10 heteroatoms. The Morgan fingerprint density at radius 2 is 1.65 bits per heavy atom. The van der Waals surface area contributed by atoms with Gasteiger partial charge in [0.15, 0.2) is 0 Å². The van der Waals surface area contributed by atoms with Crippen molar-refractivity contribution in [3.63, 3.8) is 0 Å². The molecule has 3 aromatic rings. The van der Waals surface area contributed by atoms with Gasteiger partial charge in [-0.05, 0) is 36.4 Å². The van der Waals surface area contributed by atoms with E-state index in [0.717, 1.165) is 5.69 Å². The van der Waals surface area contributed by atoms with Crippen LogP contribution in [0.4, 0.5) is 0 Å². The van der Waals surface area contributed by atoms with Gasteiger partial charge in [0.05, 0.1) is 0 Å². The van der Waals surface area contributed by atoms with E-state index in [-0.39, 0.29) is 42.7 Å². The number of aromatic nitrogens is 2. The number of hydrogen-bond donors (Lipinski definition) is 1. The molecule has 31 heavy (non-hydrogen) atoms. The summed E-state index contributed by atoms with van der Waals surface area (Å²) in [4.78, 5) is 26.1. The Morgan fingerprint density at radius 1 is 0.968 bits per heavy atom. The first-order valence-electron chi connectivity index (χ1n) is 9.76. The third-order valence-corrected chi connectivity index (χ3v) is 7.26. The Balaban J connectivity index is 1.46. The maximum absolute atomic E-state index is 13.0. The molecule has 3 heterocycles. The van der Waals surface area contributed by atoms with E-state index in [0.29, 0.717) is 5.56 Å². The molecule has 2 amide bonds. The minimum atomic E-state index is -3.78. The molecule has 1 aliphatic rings. The first-order chi connectivity index (χ1) is 14.8. The van der Waals surface area contributed by atoms with Gasteiger partial charge >= 0.3 is 0 Å². The molecule has 0 spiro atoms.